The average molecular weight is 221 g/mol. The van der Waals surface area contributed by atoms with Crippen LogP contribution in [0.4, 0.5) is 4.39 Å². The summed E-state index contributed by atoms with van der Waals surface area (Å²) in [7, 11) is 0. The molecule has 2 aromatic rings. The van der Waals surface area contributed by atoms with Gasteiger partial charge in [0.1, 0.15) is 5.82 Å². The summed E-state index contributed by atoms with van der Waals surface area (Å²) in [5.74, 6) is 0.619. The molecule has 0 spiro atoms. The van der Waals surface area contributed by atoms with Crippen molar-refractivity contribution in [1.82, 2.24) is 10.1 Å². The van der Waals surface area contributed by atoms with Gasteiger partial charge in [0.25, 0.3) is 0 Å². The molecule has 0 amide bonds. The Morgan fingerprint density at radius 2 is 2.12 bits per heavy atom. The molecule has 1 aromatic carbocycles. The van der Waals surface area contributed by atoms with Crippen molar-refractivity contribution < 1.29 is 8.91 Å². The Kier molecular flexibility index (Phi) is 2.70. The third kappa shape index (κ3) is 1.94. The predicted molar refractivity (Wildman–Crippen MR) is 56.2 cm³/mol. The van der Waals surface area contributed by atoms with Crippen molar-refractivity contribution in [2.24, 2.45) is 5.73 Å². The van der Waals surface area contributed by atoms with Crippen molar-refractivity contribution in [3.05, 3.63) is 46.9 Å². The SMILES string of the molecule is Cc1nc(C(N)c2ccc(F)c(C)c2)no1. The van der Waals surface area contributed by atoms with E-state index < -0.39 is 6.04 Å². The molecule has 0 saturated carbocycles. The minimum Gasteiger partial charge on any atom is -0.340 e. The molecule has 84 valence electrons. The standard InChI is InChI=1S/C11H12FN3O/c1-6-5-8(3-4-9(6)12)10(13)11-14-7(2)16-15-11/h3-5,10H,13H2,1-2H3. The van der Waals surface area contributed by atoms with E-state index in [1.54, 1.807) is 26.0 Å². The zero-order chi connectivity index (χ0) is 11.7. The van der Waals surface area contributed by atoms with Crippen molar-refractivity contribution in [2.45, 2.75) is 19.9 Å². The van der Waals surface area contributed by atoms with Crippen molar-refractivity contribution in [3.8, 4) is 0 Å². The van der Waals surface area contributed by atoms with Crippen LogP contribution in [0.15, 0.2) is 22.7 Å². The van der Waals surface area contributed by atoms with Gasteiger partial charge in [-0.15, -0.1) is 0 Å². The fourth-order valence-electron chi connectivity index (χ4n) is 1.45. The molecular weight excluding hydrogens is 209 g/mol. The number of benzene rings is 1. The van der Waals surface area contributed by atoms with Crippen LogP contribution in [0.5, 0.6) is 0 Å². The molecule has 0 saturated heterocycles. The van der Waals surface area contributed by atoms with E-state index >= 15 is 0 Å². The van der Waals surface area contributed by atoms with Gasteiger partial charge in [-0.05, 0) is 24.1 Å². The zero-order valence-electron chi connectivity index (χ0n) is 9.07. The first kappa shape index (κ1) is 10.8. The maximum absolute atomic E-state index is 13.1. The van der Waals surface area contributed by atoms with Crippen LogP contribution >= 0.6 is 0 Å². The Balaban J connectivity index is 2.33. The summed E-state index contributed by atoms with van der Waals surface area (Å²) in [5.41, 5.74) is 7.25. The number of nitrogens with zero attached hydrogens (tertiary/aromatic N) is 2. The number of hydrogen-bond donors (Lipinski definition) is 1. The molecule has 0 aliphatic carbocycles. The van der Waals surface area contributed by atoms with E-state index in [9.17, 15) is 4.39 Å². The summed E-state index contributed by atoms with van der Waals surface area (Å²) in [5, 5.41) is 3.74. The fourth-order valence-corrected chi connectivity index (χ4v) is 1.45. The van der Waals surface area contributed by atoms with Gasteiger partial charge in [-0.3, -0.25) is 0 Å². The summed E-state index contributed by atoms with van der Waals surface area (Å²) in [4.78, 5) is 4.04. The van der Waals surface area contributed by atoms with E-state index in [4.69, 9.17) is 10.3 Å². The molecule has 16 heavy (non-hydrogen) atoms. The average Bonchev–Trinajstić information content (AvgIpc) is 2.68. The quantitative estimate of drug-likeness (QED) is 0.840. The number of halogens is 1. The van der Waals surface area contributed by atoms with Gasteiger partial charge in [0.05, 0.1) is 6.04 Å². The van der Waals surface area contributed by atoms with Crippen LogP contribution < -0.4 is 5.73 Å². The summed E-state index contributed by atoms with van der Waals surface area (Å²) >= 11 is 0. The van der Waals surface area contributed by atoms with Crippen LogP contribution in [0.1, 0.15) is 28.9 Å². The molecule has 0 aliphatic rings. The first-order valence-electron chi connectivity index (χ1n) is 4.90. The number of aryl methyl sites for hydroxylation is 2. The van der Waals surface area contributed by atoms with Crippen molar-refractivity contribution in [2.75, 3.05) is 0 Å². The highest BCUT2D eigenvalue weighted by molar-refractivity contribution is 5.29. The predicted octanol–water partition coefficient (Wildman–Crippen LogP) is 1.87. The molecule has 1 heterocycles. The lowest BCUT2D eigenvalue weighted by atomic mass is 10.0. The van der Waals surface area contributed by atoms with Gasteiger partial charge in [-0.2, -0.15) is 4.98 Å². The van der Waals surface area contributed by atoms with Crippen LogP contribution in [0, 0.1) is 19.7 Å². The highest BCUT2D eigenvalue weighted by atomic mass is 19.1. The Hall–Kier alpha value is -1.75. The molecule has 2 rings (SSSR count). The molecule has 1 atom stereocenters. The molecular formula is C11H12FN3O. The molecule has 0 radical (unpaired) electrons. The van der Waals surface area contributed by atoms with E-state index in [1.807, 2.05) is 0 Å². The second-order valence-electron chi connectivity index (χ2n) is 3.66. The highest BCUT2D eigenvalue weighted by Crippen LogP contribution is 2.19. The molecule has 4 nitrogen and oxygen atoms in total. The van der Waals surface area contributed by atoms with Gasteiger partial charge in [0, 0.05) is 6.92 Å². The summed E-state index contributed by atoms with van der Waals surface area (Å²) in [6, 6.07) is 4.21. The number of nitrogens with two attached hydrogens (primary N) is 1. The third-order valence-electron chi connectivity index (χ3n) is 2.36. The van der Waals surface area contributed by atoms with Crippen molar-refractivity contribution in [3.63, 3.8) is 0 Å². The van der Waals surface area contributed by atoms with E-state index in [0.29, 0.717) is 17.3 Å². The minimum atomic E-state index is -0.489. The zero-order valence-corrected chi connectivity index (χ0v) is 9.07. The number of rotatable bonds is 2. The maximum atomic E-state index is 13.1. The van der Waals surface area contributed by atoms with Crippen LogP contribution in [0.3, 0.4) is 0 Å². The van der Waals surface area contributed by atoms with Crippen LogP contribution in [-0.4, -0.2) is 10.1 Å². The van der Waals surface area contributed by atoms with Gasteiger partial charge in [-0.25, -0.2) is 4.39 Å². The van der Waals surface area contributed by atoms with Gasteiger partial charge in [-0.1, -0.05) is 17.3 Å². The van der Waals surface area contributed by atoms with Gasteiger partial charge in [0.15, 0.2) is 5.82 Å². The molecule has 0 aliphatic heterocycles. The lowest BCUT2D eigenvalue weighted by Crippen LogP contribution is -2.14. The molecule has 0 fully saturated rings. The Morgan fingerprint density at radius 3 is 2.69 bits per heavy atom. The smallest absolute Gasteiger partial charge is 0.223 e. The maximum Gasteiger partial charge on any atom is 0.223 e. The topological polar surface area (TPSA) is 64.9 Å². The summed E-state index contributed by atoms with van der Waals surface area (Å²) in [6.07, 6.45) is 0. The number of hydrogen-bond acceptors (Lipinski definition) is 4. The van der Waals surface area contributed by atoms with E-state index in [2.05, 4.69) is 10.1 Å². The number of aromatic nitrogens is 2. The summed E-state index contributed by atoms with van der Waals surface area (Å²) < 4.78 is 17.9. The van der Waals surface area contributed by atoms with Gasteiger partial charge < -0.3 is 10.3 Å². The molecule has 2 N–H and O–H groups in total. The van der Waals surface area contributed by atoms with E-state index in [0.717, 1.165) is 5.56 Å². The normalized spacial score (nSPS) is 12.8. The highest BCUT2D eigenvalue weighted by Gasteiger charge is 2.15. The molecule has 5 heteroatoms. The summed E-state index contributed by atoms with van der Waals surface area (Å²) in [6.45, 7) is 3.38. The van der Waals surface area contributed by atoms with Crippen molar-refractivity contribution in [1.29, 1.82) is 0 Å². The lowest BCUT2D eigenvalue weighted by Gasteiger charge is -2.08. The monoisotopic (exact) mass is 221 g/mol. The lowest BCUT2D eigenvalue weighted by molar-refractivity contribution is 0.385. The Labute approximate surface area is 92.3 Å². The van der Waals surface area contributed by atoms with Gasteiger partial charge >= 0.3 is 0 Å². The Morgan fingerprint density at radius 1 is 1.38 bits per heavy atom. The molecule has 1 aromatic heterocycles. The first-order valence-corrected chi connectivity index (χ1v) is 4.90. The second-order valence-corrected chi connectivity index (χ2v) is 3.66. The van der Waals surface area contributed by atoms with E-state index in [-0.39, 0.29) is 5.82 Å². The third-order valence-corrected chi connectivity index (χ3v) is 2.36. The Bertz CT molecular complexity index is 510. The molecule has 0 bridgehead atoms. The van der Waals surface area contributed by atoms with Gasteiger partial charge in [0.2, 0.25) is 5.89 Å². The van der Waals surface area contributed by atoms with Crippen LogP contribution in [0.2, 0.25) is 0 Å². The van der Waals surface area contributed by atoms with Crippen molar-refractivity contribution >= 4 is 0 Å². The molecule has 1 unspecified atom stereocenters. The minimum absolute atomic E-state index is 0.250. The fraction of sp³-hybridized carbons (Fsp3) is 0.273. The second kappa shape index (κ2) is 4.02. The first-order chi connectivity index (χ1) is 7.58. The van der Waals surface area contributed by atoms with Crippen LogP contribution in [0.25, 0.3) is 0 Å². The van der Waals surface area contributed by atoms with E-state index in [1.165, 1.54) is 6.07 Å². The largest absolute Gasteiger partial charge is 0.340 e. The van der Waals surface area contributed by atoms with Crippen LogP contribution in [-0.2, 0) is 0 Å².